The van der Waals surface area contributed by atoms with Gasteiger partial charge in [0, 0.05) is 0 Å². The van der Waals surface area contributed by atoms with Crippen LogP contribution in [0, 0.1) is 11.8 Å². The zero-order chi connectivity index (χ0) is 17.2. The molecule has 4 atom stereocenters. The number of carbonyl (C=O) groups is 3. The Kier molecular flexibility index (Phi) is 3.14. The molecule has 3 aliphatic heterocycles. The Morgan fingerprint density at radius 2 is 2.08 bits per heavy atom. The molecule has 0 spiro atoms. The van der Waals surface area contributed by atoms with Crippen molar-refractivity contribution in [2.75, 3.05) is 12.0 Å². The average Bonchev–Trinajstić information content (AvgIpc) is 3.16. The van der Waals surface area contributed by atoms with Crippen LogP contribution in [0.4, 0.5) is 5.69 Å². The van der Waals surface area contributed by atoms with Crippen LogP contribution >= 0.6 is 11.6 Å². The minimum atomic E-state index is -0.756. The fourth-order valence-corrected chi connectivity index (χ4v) is 4.02. The van der Waals surface area contributed by atoms with E-state index in [1.807, 2.05) is 19.1 Å². The highest BCUT2D eigenvalue weighted by molar-refractivity contribution is 6.34. The molecule has 0 saturated carbocycles. The molecule has 24 heavy (non-hydrogen) atoms. The Labute approximate surface area is 143 Å². The Balaban J connectivity index is 1.76. The number of methoxy groups -OCH3 is 1. The largest absolute Gasteiger partial charge is 0.465 e. The maximum Gasteiger partial charge on any atom is 0.339 e. The molecule has 2 saturated heterocycles. The van der Waals surface area contributed by atoms with Crippen LogP contribution in [0.3, 0.4) is 0 Å². The maximum absolute atomic E-state index is 12.9. The number of anilines is 1. The number of imide groups is 1. The van der Waals surface area contributed by atoms with Gasteiger partial charge in [-0.05, 0) is 25.1 Å². The summed E-state index contributed by atoms with van der Waals surface area (Å²) in [6, 6.07) is 4.43. The summed E-state index contributed by atoms with van der Waals surface area (Å²) in [6.45, 7) is 1.81. The standard InChI is InChI=1S/C17H14ClNO5/c1-17-6-5-11(24-17)12-13(17)15(21)19(14(12)20)8-3-4-10(18)9(7-8)16(22)23-2/h3-7,11-13H,1-2H3/t11-,12+,13+,17+/m0/s1. The predicted octanol–water partition coefficient (Wildman–Crippen LogP) is 1.96. The van der Waals surface area contributed by atoms with Gasteiger partial charge in [-0.3, -0.25) is 9.59 Å². The molecular formula is C17H14ClNO5. The van der Waals surface area contributed by atoms with Gasteiger partial charge in [-0.1, -0.05) is 23.8 Å². The van der Waals surface area contributed by atoms with Gasteiger partial charge < -0.3 is 9.47 Å². The lowest BCUT2D eigenvalue weighted by atomic mass is 9.78. The highest BCUT2D eigenvalue weighted by Crippen LogP contribution is 2.52. The van der Waals surface area contributed by atoms with E-state index in [1.54, 1.807) is 6.07 Å². The molecule has 0 radical (unpaired) electrons. The highest BCUT2D eigenvalue weighted by Gasteiger charge is 2.66. The van der Waals surface area contributed by atoms with Crippen LogP contribution in [0.15, 0.2) is 30.4 Å². The molecule has 3 aliphatic rings. The molecule has 2 amide bonds. The lowest BCUT2D eigenvalue weighted by Gasteiger charge is -2.24. The fourth-order valence-electron chi connectivity index (χ4n) is 3.83. The molecule has 1 aromatic rings. The van der Waals surface area contributed by atoms with E-state index in [0.717, 1.165) is 4.90 Å². The van der Waals surface area contributed by atoms with Gasteiger partial charge >= 0.3 is 5.97 Å². The summed E-state index contributed by atoms with van der Waals surface area (Å²) in [4.78, 5) is 38.6. The third-order valence-electron chi connectivity index (χ3n) is 4.94. The molecule has 124 valence electrons. The summed E-state index contributed by atoms with van der Waals surface area (Å²) in [5, 5.41) is 0.196. The topological polar surface area (TPSA) is 72.9 Å². The maximum atomic E-state index is 12.9. The first kappa shape index (κ1) is 15.4. The van der Waals surface area contributed by atoms with Gasteiger partial charge in [-0.2, -0.15) is 0 Å². The van der Waals surface area contributed by atoms with Crippen molar-refractivity contribution in [1.29, 1.82) is 0 Å². The Bertz CT molecular complexity index is 819. The van der Waals surface area contributed by atoms with E-state index < -0.39 is 23.4 Å². The molecule has 7 heteroatoms. The van der Waals surface area contributed by atoms with E-state index in [1.165, 1.54) is 19.2 Å². The van der Waals surface area contributed by atoms with Crippen LogP contribution in [0.1, 0.15) is 17.3 Å². The predicted molar refractivity (Wildman–Crippen MR) is 84.7 cm³/mol. The van der Waals surface area contributed by atoms with Gasteiger partial charge in [0.05, 0.1) is 46.9 Å². The van der Waals surface area contributed by atoms with Crippen molar-refractivity contribution in [1.82, 2.24) is 0 Å². The van der Waals surface area contributed by atoms with Crippen LogP contribution in [0.25, 0.3) is 0 Å². The van der Waals surface area contributed by atoms with Crippen molar-refractivity contribution >= 4 is 35.1 Å². The van der Waals surface area contributed by atoms with Gasteiger partial charge in [-0.25, -0.2) is 9.69 Å². The van der Waals surface area contributed by atoms with E-state index in [-0.39, 0.29) is 28.5 Å². The molecule has 1 aromatic carbocycles. The number of halogens is 1. The first-order valence-corrected chi connectivity index (χ1v) is 7.88. The van der Waals surface area contributed by atoms with Crippen LogP contribution in [0.2, 0.25) is 5.02 Å². The van der Waals surface area contributed by atoms with E-state index in [9.17, 15) is 14.4 Å². The molecule has 6 nitrogen and oxygen atoms in total. The molecule has 2 bridgehead atoms. The first-order valence-electron chi connectivity index (χ1n) is 7.50. The number of nitrogens with zero attached hydrogens (tertiary/aromatic N) is 1. The second-order valence-electron chi connectivity index (χ2n) is 6.30. The van der Waals surface area contributed by atoms with Crippen molar-refractivity contribution in [2.45, 2.75) is 18.6 Å². The number of carbonyl (C=O) groups excluding carboxylic acids is 3. The number of hydrogen-bond donors (Lipinski definition) is 0. The molecule has 3 heterocycles. The number of ether oxygens (including phenoxy) is 2. The summed E-state index contributed by atoms with van der Waals surface area (Å²) < 4.78 is 10.5. The number of amides is 2. The second kappa shape index (κ2) is 4.91. The summed E-state index contributed by atoms with van der Waals surface area (Å²) in [6.07, 6.45) is 3.29. The number of esters is 1. The van der Waals surface area contributed by atoms with E-state index in [2.05, 4.69) is 4.74 Å². The molecule has 2 fully saturated rings. The SMILES string of the molecule is COC(=O)c1cc(N2C(=O)[C@@H]3[C@@H]4C=C[C@@](C)(O4)[C@H]3C2=O)ccc1Cl. The zero-order valence-corrected chi connectivity index (χ0v) is 13.7. The smallest absolute Gasteiger partial charge is 0.339 e. The zero-order valence-electron chi connectivity index (χ0n) is 13.0. The normalized spacial score (nSPS) is 33.3. The van der Waals surface area contributed by atoms with Crippen molar-refractivity contribution < 1.29 is 23.9 Å². The van der Waals surface area contributed by atoms with Gasteiger partial charge in [0.2, 0.25) is 11.8 Å². The molecule has 0 aliphatic carbocycles. The van der Waals surface area contributed by atoms with E-state index >= 15 is 0 Å². The van der Waals surface area contributed by atoms with Crippen molar-refractivity contribution in [3.05, 3.63) is 40.9 Å². The van der Waals surface area contributed by atoms with Crippen LogP contribution in [-0.4, -0.2) is 36.6 Å². The quantitative estimate of drug-likeness (QED) is 0.464. The van der Waals surface area contributed by atoms with Crippen LogP contribution < -0.4 is 4.90 Å². The van der Waals surface area contributed by atoms with Gasteiger partial charge in [-0.15, -0.1) is 0 Å². The number of fused-ring (bicyclic) bond motifs is 5. The van der Waals surface area contributed by atoms with Crippen LogP contribution in [-0.2, 0) is 19.1 Å². The summed E-state index contributed by atoms with van der Waals surface area (Å²) >= 11 is 6.00. The summed E-state index contributed by atoms with van der Waals surface area (Å²) in [5.74, 6) is -2.33. The number of hydrogen-bond acceptors (Lipinski definition) is 5. The Morgan fingerprint density at radius 3 is 2.75 bits per heavy atom. The van der Waals surface area contributed by atoms with Gasteiger partial charge in [0.15, 0.2) is 0 Å². The fraction of sp³-hybridized carbons (Fsp3) is 0.353. The highest BCUT2D eigenvalue weighted by atomic mass is 35.5. The lowest BCUT2D eigenvalue weighted by molar-refractivity contribution is -0.126. The lowest BCUT2D eigenvalue weighted by Crippen LogP contribution is -2.38. The molecule has 0 N–H and O–H groups in total. The second-order valence-corrected chi connectivity index (χ2v) is 6.70. The molecule has 0 aromatic heterocycles. The number of rotatable bonds is 2. The summed E-state index contributed by atoms with van der Waals surface area (Å²) in [5.41, 5.74) is -0.334. The molecule has 0 unspecified atom stereocenters. The number of benzene rings is 1. The average molecular weight is 348 g/mol. The summed E-state index contributed by atoms with van der Waals surface area (Å²) in [7, 11) is 1.24. The van der Waals surface area contributed by atoms with Crippen molar-refractivity contribution in [3.63, 3.8) is 0 Å². The molecular weight excluding hydrogens is 334 g/mol. The minimum absolute atomic E-state index is 0.109. The minimum Gasteiger partial charge on any atom is -0.465 e. The van der Waals surface area contributed by atoms with E-state index in [4.69, 9.17) is 16.3 Å². The molecule has 4 rings (SSSR count). The monoisotopic (exact) mass is 347 g/mol. The van der Waals surface area contributed by atoms with Crippen LogP contribution in [0.5, 0.6) is 0 Å². The third-order valence-corrected chi connectivity index (χ3v) is 5.27. The third kappa shape index (κ3) is 1.84. The first-order chi connectivity index (χ1) is 11.4. The van der Waals surface area contributed by atoms with E-state index in [0.29, 0.717) is 5.69 Å². The van der Waals surface area contributed by atoms with Crippen molar-refractivity contribution in [2.24, 2.45) is 11.8 Å². The Morgan fingerprint density at radius 1 is 1.33 bits per heavy atom. The van der Waals surface area contributed by atoms with Crippen molar-refractivity contribution in [3.8, 4) is 0 Å². The van der Waals surface area contributed by atoms with Gasteiger partial charge in [0.1, 0.15) is 0 Å². The van der Waals surface area contributed by atoms with Gasteiger partial charge in [0.25, 0.3) is 0 Å². The Hall–Kier alpha value is -2.18.